The quantitative estimate of drug-likeness (QED) is 0.602. The Bertz CT molecular complexity index is 786. The number of thiophene rings is 1. The zero-order chi connectivity index (χ0) is 17.1. The first-order chi connectivity index (χ1) is 11.6. The third-order valence-corrected chi connectivity index (χ3v) is 5.02. The summed E-state index contributed by atoms with van der Waals surface area (Å²) in [4.78, 5) is 27.5. The molecule has 0 spiro atoms. The summed E-state index contributed by atoms with van der Waals surface area (Å²) in [5.74, 6) is -0.671. The van der Waals surface area contributed by atoms with Crippen LogP contribution in [0.3, 0.4) is 0 Å². The molecule has 1 amide bonds. The number of hydrogen-bond donors (Lipinski definition) is 0. The standard InChI is InChI=1S/C18H16ClNO3S/c1-2-9-20(11-13-7-8-16(19)24-13)17(21)15-10-12-5-3-4-6-14(12)18(22)23-15/h2-8,15H,1,9-11H2. The van der Waals surface area contributed by atoms with E-state index in [-0.39, 0.29) is 5.91 Å². The van der Waals surface area contributed by atoms with Crippen molar-refractivity contribution in [2.24, 2.45) is 0 Å². The molecule has 1 aliphatic rings. The number of carbonyl (C=O) groups is 2. The summed E-state index contributed by atoms with van der Waals surface area (Å²) in [5, 5.41) is 0. The molecule has 124 valence electrons. The van der Waals surface area contributed by atoms with Crippen LogP contribution in [0, 0.1) is 0 Å². The van der Waals surface area contributed by atoms with Gasteiger partial charge in [0.15, 0.2) is 6.10 Å². The molecule has 2 aromatic rings. The Morgan fingerprint density at radius 3 is 2.88 bits per heavy atom. The molecule has 3 rings (SSSR count). The molecule has 1 aromatic heterocycles. The second-order valence-electron chi connectivity index (χ2n) is 5.47. The van der Waals surface area contributed by atoms with E-state index in [0.29, 0.717) is 29.4 Å². The van der Waals surface area contributed by atoms with E-state index in [9.17, 15) is 9.59 Å². The van der Waals surface area contributed by atoms with E-state index in [0.717, 1.165) is 10.4 Å². The molecular weight excluding hydrogens is 346 g/mol. The number of hydrogen-bond acceptors (Lipinski definition) is 4. The molecule has 1 atom stereocenters. The van der Waals surface area contributed by atoms with Gasteiger partial charge in [-0.1, -0.05) is 35.9 Å². The van der Waals surface area contributed by atoms with Crippen molar-refractivity contribution in [2.75, 3.05) is 6.54 Å². The first kappa shape index (κ1) is 16.7. The Kier molecular flexibility index (Phi) is 5.02. The molecule has 1 aromatic carbocycles. The van der Waals surface area contributed by atoms with Crippen LogP contribution < -0.4 is 0 Å². The normalized spacial score (nSPS) is 16.2. The topological polar surface area (TPSA) is 46.6 Å². The van der Waals surface area contributed by atoms with Gasteiger partial charge in [0.1, 0.15) is 0 Å². The van der Waals surface area contributed by atoms with Crippen LogP contribution in [0.1, 0.15) is 20.8 Å². The zero-order valence-corrected chi connectivity index (χ0v) is 14.5. The van der Waals surface area contributed by atoms with Crippen LogP contribution in [0.2, 0.25) is 4.34 Å². The molecule has 0 saturated heterocycles. The number of esters is 1. The molecule has 0 radical (unpaired) electrons. The van der Waals surface area contributed by atoms with Crippen molar-refractivity contribution < 1.29 is 14.3 Å². The molecule has 1 unspecified atom stereocenters. The number of amides is 1. The Morgan fingerprint density at radius 1 is 1.38 bits per heavy atom. The van der Waals surface area contributed by atoms with Crippen molar-refractivity contribution in [1.82, 2.24) is 4.90 Å². The molecule has 1 aliphatic heterocycles. The minimum absolute atomic E-state index is 0.220. The van der Waals surface area contributed by atoms with Crippen LogP contribution in [0.25, 0.3) is 0 Å². The van der Waals surface area contributed by atoms with Crippen molar-refractivity contribution in [3.05, 3.63) is 69.4 Å². The first-order valence-corrected chi connectivity index (χ1v) is 8.70. The predicted octanol–water partition coefficient (Wildman–Crippen LogP) is 3.70. The summed E-state index contributed by atoms with van der Waals surface area (Å²) >= 11 is 7.37. The summed E-state index contributed by atoms with van der Waals surface area (Å²) < 4.78 is 6.03. The van der Waals surface area contributed by atoms with Crippen molar-refractivity contribution in [3.63, 3.8) is 0 Å². The maximum Gasteiger partial charge on any atom is 0.339 e. The fourth-order valence-electron chi connectivity index (χ4n) is 2.69. The molecule has 4 nitrogen and oxygen atoms in total. The molecule has 0 N–H and O–H groups in total. The van der Waals surface area contributed by atoms with Crippen molar-refractivity contribution in [3.8, 4) is 0 Å². The molecule has 0 bridgehead atoms. The van der Waals surface area contributed by atoms with Gasteiger partial charge in [-0.05, 0) is 23.8 Å². The van der Waals surface area contributed by atoms with Crippen LogP contribution in [0.4, 0.5) is 0 Å². The highest BCUT2D eigenvalue weighted by molar-refractivity contribution is 7.16. The van der Waals surface area contributed by atoms with E-state index in [1.54, 1.807) is 29.2 Å². The molecule has 0 fully saturated rings. The highest BCUT2D eigenvalue weighted by atomic mass is 35.5. The van der Waals surface area contributed by atoms with Crippen molar-refractivity contribution in [2.45, 2.75) is 19.1 Å². The number of cyclic esters (lactones) is 1. The minimum Gasteiger partial charge on any atom is -0.448 e. The van der Waals surface area contributed by atoms with E-state index >= 15 is 0 Å². The van der Waals surface area contributed by atoms with Gasteiger partial charge in [0.05, 0.1) is 16.4 Å². The van der Waals surface area contributed by atoms with Gasteiger partial charge in [-0.3, -0.25) is 4.79 Å². The fraction of sp³-hybridized carbons (Fsp3) is 0.222. The lowest BCUT2D eigenvalue weighted by Gasteiger charge is -2.29. The van der Waals surface area contributed by atoms with E-state index in [2.05, 4.69) is 6.58 Å². The lowest BCUT2D eigenvalue weighted by molar-refractivity contribution is -0.141. The average Bonchev–Trinajstić information content (AvgIpc) is 2.99. The highest BCUT2D eigenvalue weighted by Gasteiger charge is 2.33. The first-order valence-electron chi connectivity index (χ1n) is 7.51. The fourth-order valence-corrected chi connectivity index (χ4v) is 3.79. The van der Waals surface area contributed by atoms with E-state index in [1.165, 1.54) is 11.3 Å². The van der Waals surface area contributed by atoms with Crippen LogP contribution in [0.5, 0.6) is 0 Å². The predicted molar refractivity (Wildman–Crippen MR) is 94.3 cm³/mol. The van der Waals surface area contributed by atoms with Gasteiger partial charge in [0, 0.05) is 17.8 Å². The van der Waals surface area contributed by atoms with Crippen LogP contribution >= 0.6 is 22.9 Å². The summed E-state index contributed by atoms with van der Waals surface area (Å²) in [6, 6.07) is 10.9. The lowest BCUT2D eigenvalue weighted by Crippen LogP contribution is -2.44. The van der Waals surface area contributed by atoms with Crippen LogP contribution in [0.15, 0.2) is 49.1 Å². The number of fused-ring (bicyclic) bond motifs is 1. The van der Waals surface area contributed by atoms with Gasteiger partial charge in [0.25, 0.3) is 5.91 Å². The molecule has 2 heterocycles. The Labute approximate surface area is 149 Å². The van der Waals surface area contributed by atoms with Crippen molar-refractivity contribution in [1.29, 1.82) is 0 Å². The summed E-state index contributed by atoms with van der Waals surface area (Å²) in [6.45, 7) is 4.50. The monoisotopic (exact) mass is 361 g/mol. The number of halogens is 1. The third-order valence-electron chi connectivity index (χ3n) is 3.80. The summed E-state index contributed by atoms with van der Waals surface area (Å²) in [6.07, 6.45) is 1.24. The lowest BCUT2D eigenvalue weighted by atomic mass is 9.98. The maximum atomic E-state index is 12.8. The smallest absolute Gasteiger partial charge is 0.339 e. The third kappa shape index (κ3) is 3.52. The summed E-state index contributed by atoms with van der Waals surface area (Å²) in [5.41, 5.74) is 1.37. The van der Waals surface area contributed by atoms with Gasteiger partial charge in [0.2, 0.25) is 0 Å². The number of rotatable bonds is 5. The zero-order valence-electron chi connectivity index (χ0n) is 12.9. The molecule has 0 saturated carbocycles. The van der Waals surface area contributed by atoms with Crippen LogP contribution in [-0.4, -0.2) is 29.4 Å². The number of nitrogens with zero attached hydrogens (tertiary/aromatic N) is 1. The van der Waals surface area contributed by atoms with E-state index in [1.807, 2.05) is 18.2 Å². The van der Waals surface area contributed by atoms with Gasteiger partial charge in [-0.25, -0.2) is 4.79 Å². The number of ether oxygens (including phenoxy) is 1. The van der Waals surface area contributed by atoms with Crippen molar-refractivity contribution >= 4 is 34.8 Å². The van der Waals surface area contributed by atoms with Gasteiger partial charge >= 0.3 is 5.97 Å². The van der Waals surface area contributed by atoms with Gasteiger partial charge in [-0.2, -0.15) is 0 Å². The second kappa shape index (κ2) is 7.20. The van der Waals surface area contributed by atoms with Gasteiger partial charge in [-0.15, -0.1) is 17.9 Å². The molecule has 24 heavy (non-hydrogen) atoms. The van der Waals surface area contributed by atoms with Gasteiger partial charge < -0.3 is 9.64 Å². The molecular formula is C18H16ClNO3S. The Morgan fingerprint density at radius 2 is 2.17 bits per heavy atom. The Balaban J connectivity index is 1.78. The number of benzene rings is 1. The molecule has 6 heteroatoms. The largest absolute Gasteiger partial charge is 0.448 e. The van der Waals surface area contributed by atoms with E-state index < -0.39 is 12.1 Å². The van der Waals surface area contributed by atoms with E-state index in [4.69, 9.17) is 16.3 Å². The summed E-state index contributed by atoms with van der Waals surface area (Å²) in [7, 11) is 0. The van der Waals surface area contributed by atoms with Crippen LogP contribution in [-0.2, 0) is 22.5 Å². The SMILES string of the molecule is C=CCN(Cc1ccc(Cl)s1)C(=O)C1Cc2ccccc2C(=O)O1. The minimum atomic E-state index is -0.803. The number of carbonyl (C=O) groups excluding carboxylic acids is 2. The second-order valence-corrected chi connectivity index (χ2v) is 7.27. The Hall–Kier alpha value is -2.11. The average molecular weight is 362 g/mol. The molecule has 0 aliphatic carbocycles. The highest BCUT2D eigenvalue weighted by Crippen LogP contribution is 2.25. The maximum absolute atomic E-state index is 12.8.